The van der Waals surface area contributed by atoms with Crippen molar-refractivity contribution in [1.29, 1.82) is 0 Å². The van der Waals surface area contributed by atoms with Gasteiger partial charge in [-0.15, -0.1) is 11.3 Å². The van der Waals surface area contributed by atoms with Crippen molar-refractivity contribution < 1.29 is 8.42 Å². The minimum atomic E-state index is -3.52. The summed E-state index contributed by atoms with van der Waals surface area (Å²) in [5.74, 6) is 0.368. The summed E-state index contributed by atoms with van der Waals surface area (Å²) in [5, 5.41) is 0. The SMILES string of the molecule is NC12CCCCC(CC1)C2NS(=O)(=O)c1ccc(Cl)s1. The lowest BCUT2D eigenvalue weighted by atomic mass is 9.89. The second-order valence-electron chi connectivity index (χ2n) is 5.94. The van der Waals surface area contributed by atoms with Gasteiger partial charge in [0.25, 0.3) is 0 Å². The highest BCUT2D eigenvalue weighted by atomic mass is 35.5. The molecule has 2 aliphatic rings. The monoisotopic (exact) mass is 334 g/mol. The highest BCUT2D eigenvalue weighted by molar-refractivity contribution is 7.91. The third-order valence-electron chi connectivity index (χ3n) is 4.63. The van der Waals surface area contributed by atoms with Gasteiger partial charge in [0, 0.05) is 11.6 Å². The molecule has 4 nitrogen and oxygen atoms in total. The lowest BCUT2D eigenvalue weighted by molar-refractivity contribution is 0.326. The predicted molar refractivity (Wildman–Crippen MR) is 81.5 cm³/mol. The number of thiophene rings is 1. The molecule has 2 bridgehead atoms. The standard InChI is InChI=1S/C13H19ClN2O2S2/c14-10-4-5-11(19-10)20(17,18)16-12-9-3-1-2-7-13(12,15)8-6-9/h4-5,9,12,16H,1-3,6-8,15H2. The Labute approximate surface area is 128 Å². The molecule has 2 saturated carbocycles. The maximum Gasteiger partial charge on any atom is 0.250 e. The Kier molecular flexibility index (Phi) is 3.88. The van der Waals surface area contributed by atoms with Gasteiger partial charge in [-0.3, -0.25) is 0 Å². The first-order valence-electron chi connectivity index (χ1n) is 6.97. The molecule has 1 heterocycles. The molecule has 0 saturated heterocycles. The number of fused-ring (bicyclic) bond motifs is 2. The number of hydrogen-bond acceptors (Lipinski definition) is 4. The summed E-state index contributed by atoms with van der Waals surface area (Å²) in [6.07, 6.45) is 6.15. The third kappa shape index (κ3) is 2.64. The van der Waals surface area contributed by atoms with Crippen LogP contribution in [0.2, 0.25) is 4.34 Å². The highest BCUT2D eigenvalue weighted by Crippen LogP contribution is 2.43. The molecule has 3 unspecified atom stereocenters. The van der Waals surface area contributed by atoms with Crippen molar-refractivity contribution in [2.24, 2.45) is 11.7 Å². The third-order valence-corrected chi connectivity index (χ3v) is 7.80. The van der Waals surface area contributed by atoms with E-state index >= 15 is 0 Å². The Balaban J connectivity index is 1.86. The van der Waals surface area contributed by atoms with Gasteiger partial charge in [0.2, 0.25) is 10.0 Å². The number of nitrogens with two attached hydrogens (primary N) is 1. The molecule has 112 valence electrons. The number of hydrogen-bond donors (Lipinski definition) is 2. The largest absolute Gasteiger partial charge is 0.324 e. The van der Waals surface area contributed by atoms with Crippen molar-refractivity contribution in [3.8, 4) is 0 Å². The molecule has 2 aliphatic carbocycles. The van der Waals surface area contributed by atoms with Crippen LogP contribution in [0.1, 0.15) is 38.5 Å². The summed E-state index contributed by atoms with van der Waals surface area (Å²) >= 11 is 6.92. The summed E-state index contributed by atoms with van der Waals surface area (Å²) in [6, 6.07) is 3.02. The zero-order valence-corrected chi connectivity index (χ0v) is 13.5. The smallest absolute Gasteiger partial charge is 0.250 e. The van der Waals surface area contributed by atoms with E-state index in [0.29, 0.717) is 10.3 Å². The van der Waals surface area contributed by atoms with Crippen molar-refractivity contribution in [3.63, 3.8) is 0 Å². The van der Waals surface area contributed by atoms with Gasteiger partial charge in [0.1, 0.15) is 4.21 Å². The van der Waals surface area contributed by atoms with E-state index < -0.39 is 10.0 Å². The van der Waals surface area contributed by atoms with Gasteiger partial charge in [0.15, 0.2) is 0 Å². The van der Waals surface area contributed by atoms with E-state index in [-0.39, 0.29) is 15.8 Å². The van der Waals surface area contributed by atoms with Crippen LogP contribution >= 0.6 is 22.9 Å². The maximum atomic E-state index is 12.5. The van der Waals surface area contributed by atoms with Crippen LogP contribution in [-0.4, -0.2) is 20.0 Å². The normalized spacial score (nSPS) is 34.1. The van der Waals surface area contributed by atoms with Crippen LogP contribution in [0, 0.1) is 5.92 Å². The molecule has 3 N–H and O–H groups in total. The molecule has 7 heteroatoms. The van der Waals surface area contributed by atoms with Gasteiger partial charge >= 0.3 is 0 Å². The lowest BCUT2D eigenvalue weighted by Crippen LogP contribution is -2.56. The predicted octanol–water partition coefficient (Wildman–Crippen LogP) is 2.73. The van der Waals surface area contributed by atoms with Gasteiger partial charge < -0.3 is 5.73 Å². The van der Waals surface area contributed by atoms with Crippen LogP contribution < -0.4 is 10.5 Å². The van der Waals surface area contributed by atoms with Crippen LogP contribution in [0.25, 0.3) is 0 Å². The Morgan fingerprint density at radius 2 is 2.10 bits per heavy atom. The van der Waals surface area contributed by atoms with E-state index in [1.165, 1.54) is 0 Å². The topological polar surface area (TPSA) is 72.2 Å². The molecule has 3 rings (SSSR count). The van der Waals surface area contributed by atoms with Gasteiger partial charge in [-0.05, 0) is 43.7 Å². The van der Waals surface area contributed by atoms with Crippen molar-refractivity contribution in [1.82, 2.24) is 4.72 Å². The maximum absolute atomic E-state index is 12.5. The van der Waals surface area contributed by atoms with Crippen LogP contribution in [-0.2, 0) is 10.0 Å². The Morgan fingerprint density at radius 1 is 1.30 bits per heavy atom. The molecule has 20 heavy (non-hydrogen) atoms. The van der Waals surface area contributed by atoms with E-state index in [9.17, 15) is 8.42 Å². The van der Waals surface area contributed by atoms with E-state index in [1.807, 2.05) is 0 Å². The van der Waals surface area contributed by atoms with Crippen molar-refractivity contribution in [2.45, 2.75) is 54.3 Å². The number of sulfonamides is 1. The second kappa shape index (κ2) is 5.25. The van der Waals surface area contributed by atoms with Gasteiger partial charge in [-0.1, -0.05) is 24.4 Å². The molecular weight excluding hydrogens is 316 g/mol. The Morgan fingerprint density at radius 3 is 2.80 bits per heavy atom. The fourth-order valence-electron chi connectivity index (χ4n) is 3.58. The van der Waals surface area contributed by atoms with Crippen LogP contribution in [0.15, 0.2) is 16.3 Å². The Bertz CT molecular complexity index is 599. The van der Waals surface area contributed by atoms with E-state index in [0.717, 1.165) is 49.9 Å². The van der Waals surface area contributed by atoms with Crippen molar-refractivity contribution in [3.05, 3.63) is 16.5 Å². The molecule has 2 fully saturated rings. The average Bonchev–Trinajstić information content (AvgIpc) is 2.87. The van der Waals surface area contributed by atoms with E-state index in [2.05, 4.69) is 4.72 Å². The molecule has 3 atom stereocenters. The van der Waals surface area contributed by atoms with Crippen molar-refractivity contribution in [2.75, 3.05) is 0 Å². The fourth-order valence-corrected chi connectivity index (χ4v) is 6.47. The first-order valence-corrected chi connectivity index (χ1v) is 9.65. The van der Waals surface area contributed by atoms with E-state index in [1.54, 1.807) is 12.1 Å². The van der Waals surface area contributed by atoms with Crippen LogP contribution in [0.3, 0.4) is 0 Å². The fraction of sp³-hybridized carbons (Fsp3) is 0.692. The molecule has 0 spiro atoms. The van der Waals surface area contributed by atoms with Crippen LogP contribution in [0.4, 0.5) is 0 Å². The number of nitrogens with one attached hydrogen (secondary N) is 1. The average molecular weight is 335 g/mol. The van der Waals surface area contributed by atoms with Gasteiger partial charge in [-0.2, -0.15) is 0 Å². The minimum absolute atomic E-state index is 0.143. The molecule has 1 aromatic rings. The van der Waals surface area contributed by atoms with Gasteiger partial charge in [0.05, 0.1) is 4.34 Å². The number of rotatable bonds is 3. The molecule has 0 aromatic carbocycles. The first kappa shape index (κ1) is 14.8. The highest BCUT2D eigenvalue weighted by Gasteiger charge is 2.48. The minimum Gasteiger partial charge on any atom is -0.324 e. The summed E-state index contributed by atoms with van der Waals surface area (Å²) in [5.41, 5.74) is 6.11. The zero-order valence-electron chi connectivity index (χ0n) is 11.1. The summed E-state index contributed by atoms with van der Waals surface area (Å²) in [6.45, 7) is 0. The molecule has 1 aromatic heterocycles. The second-order valence-corrected chi connectivity index (χ2v) is 9.59. The molecular formula is C13H19ClN2O2S2. The molecule has 0 amide bonds. The van der Waals surface area contributed by atoms with Crippen molar-refractivity contribution >= 4 is 33.0 Å². The summed E-state index contributed by atoms with van der Waals surface area (Å²) in [7, 11) is -3.52. The quantitative estimate of drug-likeness (QED) is 0.892. The Hall–Kier alpha value is -0.140. The summed E-state index contributed by atoms with van der Waals surface area (Å²) in [4.78, 5) is 0. The number of halogens is 1. The first-order chi connectivity index (χ1) is 9.41. The van der Waals surface area contributed by atoms with E-state index in [4.69, 9.17) is 17.3 Å². The lowest BCUT2D eigenvalue weighted by Gasteiger charge is -2.32. The zero-order chi connectivity index (χ0) is 14.4. The van der Waals surface area contributed by atoms with Crippen LogP contribution in [0.5, 0.6) is 0 Å². The van der Waals surface area contributed by atoms with Gasteiger partial charge in [-0.25, -0.2) is 13.1 Å². The summed E-state index contributed by atoms with van der Waals surface area (Å²) < 4.78 is 28.6. The molecule has 0 aliphatic heterocycles. The molecule has 0 radical (unpaired) electrons.